The molecule has 0 saturated carbocycles. The maximum absolute atomic E-state index is 13.4. The molecular formula is C33H28IN3O2S2. The van der Waals surface area contributed by atoms with Crippen molar-refractivity contribution in [2.24, 2.45) is 0 Å². The summed E-state index contributed by atoms with van der Waals surface area (Å²) in [6.07, 6.45) is 5.97. The molecule has 3 heterocycles. The molecule has 1 aliphatic rings. The summed E-state index contributed by atoms with van der Waals surface area (Å²) in [4.78, 5) is 15.5. The molecule has 0 fully saturated rings. The van der Waals surface area contributed by atoms with E-state index in [1.165, 1.54) is 37.7 Å². The van der Waals surface area contributed by atoms with Crippen LogP contribution in [0.3, 0.4) is 0 Å². The highest BCUT2D eigenvalue weighted by Gasteiger charge is 2.25. The van der Waals surface area contributed by atoms with Crippen molar-refractivity contribution < 1.29 is 33.3 Å². The number of aryl methyl sites for hydroxylation is 1. The average Bonchev–Trinajstić information content (AvgIpc) is 3.61. The van der Waals surface area contributed by atoms with Crippen LogP contribution in [0.5, 0.6) is 5.75 Å². The lowest BCUT2D eigenvalue weighted by atomic mass is 10.1. The largest absolute Gasteiger partial charge is 1.00 e. The van der Waals surface area contributed by atoms with Gasteiger partial charge in [-0.15, -0.1) is 11.3 Å². The monoisotopic (exact) mass is 689 g/mol. The first-order valence-corrected chi connectivity index (χ1v) is 15.1. The first kappa shape index (κ1) is 27.7. The zero-order valence-corrected chi connectivity index (χ0v) is 26.7. The van der Waals surface area contributed by atoms with E-state index in [9.17, 15) is 4.79 Å². The molecule has 5 nitrogen and oxygen atoms in total. The molecule has 4 aromatic carbocycles. The van der Waals surface area contributed by atoms with Crippen molar-refractivity contribution >= 4 is 72.3 Å². The summed E-state index contributed by atoms with van der Waals surface area (Å²) >= 11 is 3.29. The van der Waals surface area contributed by atoms with Crippen LogP contribution in [0.4, 0.5) is 5.69 Å². The van der Waals surface area contributed by atoms with Crippen LogP contribution >= 0.6 is 22.7 Å². The third-order valence-corrected chi connectivity index (χ3v) is 9.73. The van der Waals surface area contributed by atoms with Gasteiger partial charge in [-0.1, -0.05) is 65.9 Å². The summed E-state index contributed by atoms with van der Waals surface area (Å²) in [5.41, 5.74) is 2.32. The van der Waals surface area contributed by atoms with Gasteiger partial charge in [0.2, 0.25) is 5.52 Å². The third-order valence-electron chi connectivity index (χ3n) is 7.55. The lowest BCUT2D eigenvalue weighted by Crippen LogP contribution is -3.00. The van der Waals surface area contributed by atoms with Crippen molar-refractivity contribution in [2.75, 3.05) is 11.9 Å². The molecule has 0 atom stereocenters. The lowest BCUT2D eigenvalue weighted by molar-refractivity contribution is -0.664. The number of thiazole rings is 2. The molecule has 2 aromatic heterocycles. The lowest BCUT2D eigenvalue weighted by Gasteiger charge is -2.12. The maximum Gasteiger partial charge on any atom is 0.269 e. The molecule has 6 aromatic rings. The molecule has 41 heavy (non-hydrogen) atoms. The first-order valence-electron chi connectivity index (χ1n) is 13.5. The fourth-order valence-electron chi connectivity index (χ4n) is 5.61. The maximum atomic E-state index is 13.4. The van der Waals surface area contributed by atoms with Crippen LogP contribution in [-0.4, -0.2) is 11.6 Å². The zero-order chi connectivity index (χ0) is 27.4. The number of hydrogen-bond acceptors (Lipinski definition) is 5. The highest BCUT2D eigenvalue weighted by atomic mass is 127. The van der Waals surface area contributed by atoms with Crippen LogP contribution in [0.25, 0.3) is 43.9 Å². The van der Waals surface area contributed by atoms with Gasteiger partial charge in [0.05, 0.1) is 21.7 Å². The second-order valence-electron chi connectivity index (χ2n) is 9.78. The van der Waals surface area contributed by atoms with Gasteiger partial charge in [-0.05, 0) is 48.9 Å². The first-order chi connectivity index (χ1) is 19.6. The summed E-state index contributed by atoms with van der Waals surface area (Å²) in [6, 6.07) is 25.3. The van der Waals surface area contributed by atoms with E-state index < -0.39 is 0 Å². The second kappa shape index (κ2) is 11.1. The summed E-state index contributed by atoms with van der Waals surface area (Å²) in [5.74, 6) is 1.53. The summed E-state index contributed by atoms with van der Waals surface area (Å²) in [5, 5.41) is 5.95. The van der Waals surface area contributed by atoms with E-state index in [4.69, 9.17) is 4.74 Å². The zero-order valence-electron chi connectivity index (χ0n) is 22.9. The quantitative estimate of drug-likeness (QED) is 0.211. The van der Waals surface area contributed by atoms with Crippen molar-refractivity contribution in [3.63, 3.8) is 0 Å². The molecule has 0 bridgehead atoms. The Labute approximate surface area is 262 Å². The Balaban J connectivity index is 0.00000302. The number of rotatable bonds is 4. The molecule has 206 valence electrons. The molecule has 8 heteroatoms. The minimum atomic E-state index is 0. The molecule has 0 unspecified atom stereocenters. The number of aromatic nitrogens is 2. The van der Waals surface area contributed by atoms with Gasteiger partial charge in [-0.2, -0.15) is 4.57 Å². The van der Waals surface area contributed by atoms with Crippen LogP contribution in [0.15, 0.2) is 89.6 Å². The van der Waals surface area contributed by atoms with Gasteiger partial charge in [0.1, 0.15) is 15.9 Å². The predicted octanol–water partition coefficient (Wildman–Crippen LogP) is 2.74. The van der Waals surface area contributed by atoms with Crippen LogP contribution in [0.1, 0.15) is 18.9 Å². The van der Waals surface area contributed by atoms with E-state index in [0.717, 1.165) is 33.0 Å². The van der Waals surface area contributed by atoms with E-state index >= 15 is 0 Å². The van der Waals surface area contributed by atoms with E-state index in [0.29, 0.717) is 17.0 Å². The molecule has 0 radical (unpaired) electrons. The number of fused-ring (bicyclic) bond motifs is 6. The number of anilines is 1. The van der Waals surface area contributed by atoms with Gasteiger partial charge in [0, 0.05) is 25.1 Å². The summed E-state index contributed by atoms with van der Waals surface area (Å²) < 4.78 is 13.3. The molecule has 0 saturated heterocycles. The Bertz CT molecular complexity index is 2170. The summed E-state index contributed by atoms with van der Waals surface area (Å²) in [6.45, 7) is 5.66. The Morgan fingerprint density at radius 1 is 0.878 bits per heavy atom. The Morgan fingerprint density at radius 2 is 1.59 bits per heavy atom. The molecule has 0 N–H and O–H groups in total. The molecule has 1 aliphatic heterocycles. The van der Waals surface area contributed by atoms with Gasteiger partial charge in [0.25, 0.3) is 10.6 Å². The fraction of sp³-hybridized carbons (Fsp3) is 0.152. The minimum Gasteiger partial charge on any atom is -1.00 e. The van der Waals surface area contributed by atoms with Crippen molar-refractivity contribution in [1.29, 1.82) is 0 Å². The molecule has 0 amide bonds. The fourth-order valence-corrected chi connectivity index (χ4v) is 7.91. The second-order valence-corrected chi connectivity index (χ2v) is 11.9. The normalized spacial score (nSPS) is 14.8. The van der Waals surface area contributed by atoms with Crippen molar-refractivity contribution in [3.05, 3.63) is 109 Å². The molecule has 7 rings (SSSR count). The smallest absolute Gasteiger partial charge is 0.269 e. The van der Waals surface area contributed by atoms with Crippen molar-refractivity contribution in [3.8, 4) is 5.75 Å². The van der Waals surface area contributed by atoms with Gasteiger partial charge in [-0.3, -0.25) is 9.36 Å². The number of ether oxygens (including phenoxy) is 1. The number of allylic oxidation sites excluding steroid dienone is 1. The van der Waals surface area contributed by atoms with E-state index in [2.05, 4.69) is 77.1 Å². The predicted molar refractivity (Wildman–Crippen MR) is 168 cm³/mol. The van der Waals surface area contributed by atoms with Gasteiger partial charge < -0.3 is 33.6 Å². The topological polar surface area (TPSA) is 38.4 Å². The van der Waals surface area contributed by atoms with Crippen LogP contribution in [0.2, 0.25) is 0 Å². The van der Waals surface area contributed by atoms with Crippen LogP contribution in [-0.2, 0) is 13.1 Å². The van der Waals surface area contributed by atoms with Gasteiger partial charge in [-0.25, -0.2) is 0 Å². The van der Waals surface area contributed by atoms with Crippen molar-refractivity contribution in [1.82, 2.24) is 4.57 Å². The minimum absolute atomic E-state index is 0. The highest BCUT2D eigenvalue weighted by Crippen LogP contribution is 2.43. The third kappa shape index (κ3) is 4.58. The standard InChI is InChI=1S/C33H28N3O2S2.HI/c1-4-35-29(39-26-17-15-22-11-7-9-13-24(22)32(26)35)20-30-36(5-2)33(37)27(40-30)18-19-28-34(3)31-23-12-8-6-10-21(23)14-16-25(31)38-28;/h6-20H,4-5H2,1-3H3;1H/q+1;/p-1. The number of benzene rings is 4. The highest BCUT2D eigenvalue weighted by molar-refractivity contribution is 7.19. The van der Waals surface area contributed by atoms with Gasteiger partial charge >= 0.3 is 0 Å². The Morgan fingerprint density at radius 3 is 2.34 bits per heavy atom. The van der Waals surface area contributed by atoms with Gasteiger partial charge in [0.15, 0.2) is 11.6 Å². The van der Waals surface area contributed by atoms with E-state index in [-0.39, 0.29) is 29.5 Å². The number of nitrogens with zero attached hydrogens (tertiary/aromatic N) is 3. The Hall–Kier alpha value is -3.47. The molecule has 0 spiro atoms. The molecule has 0 aliphatic carbocycles. The van der Waals surface area contributed by atoms with Crippen LogP contribution < -0.4 is 52.9 Å². The number of halogens is 1. The molecular weight excluding hydrogens is 661 g/mol. The Kier molecular flexibility index (Phi) is 7.48. The van der Waals surface area contributed by atoms with Crippen molar-refractivity contribution in [2.45, 2.75) is 26.9 Å². The van der Waals surface area contributed by atoms with E-state index in [1.807, 2.05) is 48.9 Å². The van der Waals surface area contributed by atoms with Crippen LogP contribution in [0, 0.1) is 0 Å². The summed E-state index contributed by atoms with van der Waals surface area (Å²) in [7, 11) is 2.00. The average molecular weight is 690 g/mol. The number of hydrogen-bond donors (Lipinski definition) is 0. The SMILES string of the molecule is CCn1c(=Cc2sc3ccc4ccccc4c3[n+]2CC)sc(=CC=C2Oc3ccc4ccccc4c3N2C)c1=O.[I-]. The van der Waals surface area contributed by atoms with E-state index in [1.54, 1.807) is 11.3 Å².